The van der Waals surface area contributed by atoms with Crippen molar-refractivity contribution < 1.29 is 4.79 Å². The van der Waals surface area contributed by atoms with E-state index in [4.69, 9.17) is 12.2 Å². The summed E-state index contributed by atoms with van der Waals surface area (Å²) in [5.74, 6) is 0.656. The number of carbonyl (C=O) groups excluding carboxylic acids is 1. The quantitative estimate of drug-likeness (QED) is 0.573. The predicted molar refractivity (Wildman–Crippen MR) is 94.7 cm³/mol. The van der Waals surface area contributed by atoms with Crippen molar-refractivity contribution in [1.29, 1.82) is 0 Å². The van der Waals surface area contributed by atoms with Crippen molar-refractivity contribution in [2.45, 2.75) is 46.1 Å². The normalized spacial score (nSPS) is 10.7. The molecule has 0 saturated heterocycles. The molecule has 0 bridgehead atoms. The molecule has 0 aliphatic carbocycles. The molecule has 6 heteroatoms. The highest BCUT2D eigenvalue weighted by molar-refractivity contribution is 7.71. The van der Waals surface area contributed by atoms with Crippen LogP contribution >= 0.6 is 12.2 Å². The Morgan fingerprint density at radius 2 is 2.00 bits per heavy atom. The van der Waals surface area contributed by atoms with Crippen LogP contribution in [0.1, 0.15) is 38.2 Å². The standard InChI is InChI=1S/C17H24N4OS/c1-3-4-5-6-11-18-15(22)12-21-16(19-20-17(21)23)14-9-7-13(2)8-10-14/h7-10H,3-6,11-12H2,1-2H3,(H,18,22)(H,20,23). The molecule has 0 saturated carbocycles. The summed E-state index contributed by atoms with van der Waals surface area (Å²) < 4.78 is 2.20. The van der Waals surface area contributed by atoms with Gasteiger partial charge in [-0.2, -0.15) is 5.10 Å². The van der Waals surface area contributed by atoms with Crippen LogP contribution in [0.2, 0.25) is 0 Å². The second-order valence-corrected chi connectivity index (χ2v) is 6.10. The Balaban J connectivity index is 2.00. The van der Waals surface area contributed by atoms with Crippen molar-refractivity contribution in [3.05, 3.63) is 34.6 Å². The van der Waals surface area contributed by atoms with Crippen LogP contribution in [0, 0.1) is 11.7 Å². The molecule has 0 spiro atoms. The summed E-state index contributed by atoms with van der Waals surface area (Å²) in [6, 6.07) is 8.01. The average Bonchev–Trinajstić information content (AvgIpc) is 2.89. The van der Waals surface area contributed by atoms with E-state index in [1.54, 1.807) is 4.57 Å². The third kappa shape index (κ3) is 5.03. The zero-order chi connectivity index (χ0) is 16.7. The Hall–Kier alpha value is -1.95. The molecule has 1 heterocycles. The van der Waals surface area contributed by atoms with E-state index in [2.05, 4.69) is 22.4 Å². The van der Waals surface area contributed by atoms with E-state index < -0.39 is 0 Å². The van der Waals surface area contributed by atoms with Gasteiger partial charge in [-0.3, -0.25) is 14.5 Å². The van der Waals surface area contributed by atoms with E-state index in [1.807, 2.05) is 31.2 Å². The van der Waals surface area contributed by atoms with Crippen LogP contribution in [0.3, 0.4) is 0 Å². The minimum Gasteiger partial charge on any atom is -0.355 e. The minimum absolute atomic E-state index is 0.0349. The molecular weight excluding hydrogens is 308 g/mol. The van der Waals surface area contributed by atoms with Gasteiger partial charge in [-0.25, -0.2) is 0 Å². The van der Waals surface area contributed by atoms with Gasteiger partial charge in [0.25, 0.3) is 0 Å². The highest BCUT2D eigenvalue weighted by Gasteiger charge is 2.12. The number of hydrogen-bond donors (Lipinski definition) is 2. The Morgan fingerprint density at radius 1 is 1.26 bits per heavy atom. The Kier molecular flexibility index (Phi) is 6.52. The highest BCUT2D eigenvalue weighted by Crippen LogP contribution is 2.17. The summed E-state index contributed by atoms with van der Waals surface area (Å²) in [6.45, 7) is 5.11. The van der Waals surface area contributed by atoms with E-state index in [-0.39, 0.29) is 12.5 Å². The van der Waals surface area contributed by atoms with E-state index >= 15 is 0 Å². The SMILES string of the molecule is CCCCCCNC(=O)Cn1c(-c2ccc(C)cc2)n[nH]c1=S. The number of amides is 1. The fraction of sp³-hybridized carbons (Fsp3) is 0.471. The lowest BCUT2D eigenvalue weighted by atomic mass is 10.1. The number of H-pyrrole nitrogens is 1. The molecule has 1 amide bonds. The summed E-state index contributed by atoms with van der Waals surface area (Å²) in [7, 11) is 0. The number of unbranched alkanes of at least 4 members (excludes halogenated alkanes) is 3. The number of carbonyl (C=O) groups is 1. The molecule has 2 N–H and O–H groups in total. The van der Waals surface area contributed by atoms with Gasteiger partial charge in [-0.1, -0.05) is 56.0 Å². The van der Waals surface area contributed by atoms with Crippen molar-refractivity contribution in [1.82, 2.24) is 20.1 Å². The Labute approximate surface area is 142 Å². The third-order valence-corrected chi connectivity index (χ3v) is 4.03. The first-order chi connectivity index (χ1) is 11.1. The van der Waals surface area contributed by atoms with Crippen LogP contribution in [-0.2, 0) is 11.3 Å². The van der Waals surface area contributed by atoms with E-state index in [0.29, 0.717) is 17.1 Å². The van der Waals surface area contributed by atoms with Crippen molar-refractivity contribution >= 4 is 18.1 Å². The summed E-state index contributed by atoms with van der Waals surface area (Å²) >= 11 is 5.25. The largest absolute Gasteiger partial charge is 0.355 e. The zero-order valence-corrected chi connectivity index (χ0v) is 14.6. The maximum atomic E-state index is 12.1. The van der Waals surface area contributed by atoms with E-state index in [1.165, 1.54) is 18.4 Å². The van der Waals surface area contributed by atoms with E-state index in [0.717, 1.165) is 18.4 Å². The topological polar surface area (TPSA) is 62.7 Å². The smallest absolute Gasteiger partial charge is 0.240 e. The minimum atomic E-state index is -0.0349. The fourth-order valence-corrected chi connectivity index (χ4v) is 2.56. The van der Waals surface area contributed by atoms with Gasteiger partial charge in [0.05, 0.1) is 0 Å². The van der Waals surface area contributed by atoms with E-state index in [9.17, 15) is 4.79 Å². The fourth-order valence-electron chi connectivity index (χ4n) is 2.37. The number of hydrogen-bond acceptors (Lipinski definition) is 3. The molecule has 0 atom stereocenters. The van der Waals surface area contributed by atoms with Gasteiger partial charge in [-0.05, 0) is 25.6 Å². The average molecular weight is 332 g/mol. The molecule has 0 aliphatic heterocycles. The molecule has 2 aromatic rings. The van der Waals surface area contributed by atoms with Crippen LogP contribution in [-0.4, -0.2) is 27.2 Å². The van der Waals surface area contributed by atoms with Gasteiger partial charge in [0.1, 0.15) is 6.54 Å². The lowest BCUT2D eigenvalue weighted by Crippen LogP contribution is -2.28. The molecule has 0 aliphatic rings. The monoisotopic (exact) mass is 332 g/mol. The lowest BCUT2D eigenvalue weighted by molar-refractivity contribution is -0.121. The zero-order valence-electron chi connectivity index (χ0n) is 13.8. The van der Waals surface area contributed by atoms with Crippen molar-refractivity contribution in [2.24, 2.45) is 0 Å². The maximum absolute atomic E-state index is 12.1. The number of aromatic nitrogens is 3. The number of aromatic amines is 1. The number of nitrogens with one attached hydrogen (secondary N) is 2. The van der Waals surface area contributed by atoms with Crippen molar-refractivity contribution in [3.63, 3.8) is 0 Å². The molecule has 0 unspecified atom stereocenters. The van der Waals surface area contributed by atoms with Gasteiger partial charge >= 0.3 is 0 Å². The molecule has 23 heavy (non-hydrogen) atoms. The lowest BCUT2D eigenvalue weighted by Gasteiger charge is -2.08. The van der Waals surface area contributed by atoms with Crippen LogP contribution in [0.25, 0.3) is 11.4 Å². The first-order valence-corrected chi connectivity index (χ1v) is 8.51. The van der Waals surface area contributed by atoms with Crippen LogP contribution in [0.5, 0.6) is 0 Å². The summed E-state index contributed by atoms with van der Waals surface area (Å²) in [5.41, 5.74) is 2.12. The van der Waals surface area contributed by atoms with Crippen LogP contribution in [0.15, 0.2) is 24.3 Å². The first-order valence-electron chi connectivity index (χ1n) is 8.10. The van der Waals surface area contributed by atoms with Gasteiger partial charge in [0.2, 0.25) is 5.91 Å². The summed E-state index contributed by atoms with van der Waals surface area (Å²) in [4.78, 5) is 12.1. The van der Waals surface area contributed by atoms with Crippen molar-refractivity contribution in [3.8, 4) is 11.4 Å². The number of nitrogens with zero attached hydrogens (tertiary/aromatic N) is 2. The molecule has 5 nitrogen and oxygen atoms in total. The van der Waals surface area contributed by atoms with Gasteiger partial charge in [0.15, 0.2) is 10.6 Å². The Morgan fingerprint density at radius 3 is 2.70 bits per heavy atom. The van der Waals surface area contributed by atoms with Gasteiger partial charge in [0, 0.05) is 12.1 Å². The molecule has 1 aromatic heterocycles. The maximum Gasteiger partial charge on any atom is 0.240 e. The number of benzene rings is 1. The molecular formula is C17H24N4OS. The first kappa shape index (κ1) is 17.4. The second-order valence-electron chi connectivity index (χ2n) is 5.72. The predicted octanol–water partition coefficient (Wildman–Crippen LogP) is 3.61. The summed E-state index contributed by atoms with van der Waals surface area (Å²) in [6.07, 6.45) is 4.57. The Bertz CT molecular complexity index is 687. The molecule has 124 valence electrons. The van der Waals surface area contributed by atoms with Crippen LogP contribution < -0.4 is 5.32 Å². The van der Waals surface area contributed by atoms with Gasteiger partial charge in [-0.15, -0.1) is 0 Å². The number of aryl methyl sites for hydroxylation is 1. The number of rotatable bonds is 8. The van der Waals surface area contributed by atoms with Crippen LogP contribution in [0.4, 0.5) is 0 Å². The molecule has 0 fully saturated rings. The molecule has 1 aromatic carbocycles. The summed E-state index contributed by atoms with van der Waals surface area (Å²) in [5, 5.41) is 9.98. The second kappa shape index (κ2) is 8.62. The van der Waals surface area contributed by atoms with Gasteiger partial charge < -0.3 is 5.32 Å². The molecule has 2 rings (SSSR count). The molecule has 0 radical (unpaired) electrons. The third-order valence-electron chi connectivity index (χ3n) is 3.72. The highest BCUT2D eigenvalue weighted by atomic mass is 32.1. The van der Waals surface area contributed by atoms with Crippen molar-refractivity contribution in [2.75, 3.05) is 6.54 Å².